The number of ether oxygens (including phenoxy) is 2. The molecule has 0 aromatic heterocycles. The number of carbonyl (C=O) groups excluding carboxylic acids is 1. The van der Waals surface area contributed by atoms with Gasteiger partial charge in [-0.15, -0.1) is 0 Å². The lowest BCUT2D eigenvalue weighted by atomic mass is 10.2. The summed E-state index contributed by atoms with van der Waals surface area (Å²) in [6, 6.07) is 7.66. The second kappa shape index (κ2) is 10.0. The molecule has 0 aliphatic rings. The quantitative estimate of drug-likeness (QED) is 0.688. The Balaban J connectivity index is 2.01. The van der Waals surface area contributed by atoms with Crippen LogP contribution < -0.4 is 15.4 Å². The monoisotopic (exact) mass is 294 g/mol. The van der Waals surface area contributed by atoms with Crippen LogP contribution in [0, 0.1) is 6.92 Å². The Morgan fingerprint density at radius 1 is 1.19 bits per heavy atom. The van der Waals surface area contributed by atoms with E-state index in [4.69, 9.17) is 9.47 Å². The van der Waals surface area contributed by atoms with Crippen LogP contribution in [0.15, 0.2) is 24.3 Å². The third kappa shape index (κ3) is 8.92. The number of rotatable bonds is 9. The molecule has 0 radical (unpaired) electrons. The van der Waals surface area contributed by atoms with Gasteiger partial charge in [0, 0.05) is 13.2 Å². The number of hydrogen-bond donors (Lipinski definition) is 2. The van der Waals surface area contributed by atoms with E-state index < -0.39 is 0 Å². The van der Waals surface area contributed by atoms with Crippen LogP contribution in [-0.2, 0) is 4.74 Å². The lowest BCUT2D eigenvalue weighted by molar-refractivity contribution is 0.0774. The van der Waals surface area contributed by atoms with Crippen molar-refractivity contribution in [2.45, 2.75) is 33.3 Å². The molecule has 2 amide bonds. The van der Waals surface area contributed by atoms with E-state index in [1.807, 2.05) is 45.0 Å². The number of nitrogens with one attached hydrogen (secondary N) is 2. The Hall–Kier alpha value is -1.75. The number of hydrogen-bond acceptors (Lipinski definition) is 3. The van der Waals surface area contributed by atoms with Gasteiger partial charge in [-0.1, -0.05) is 12.1 Å². The van der Waals surface area contributed by atoms with Crippen molar-refractivity contribution < 1.29 is 14.3 Å². The van der Waals surface area contributed by atoms with Crippen LogP contribution in [0.1, 0.15) is 25.8 Å². The smallest absolute Gasteiger partial charge is 0.314 e. The maximum atomic E-state index is 11.5. The maximum absolute atomic E-state index is 11.5. The second-order valence-electron chi connectivity index (χ2n) is 5.12. The summed E-state index contributed by atoms with van der Waals surface area (Å²) < 4.78 is 10.9. The second-order valence-corrected chi connectivity index (χ2v) is 5.12. The highest BCUT2D eigenvalue weighted by molar-refractivity contribution is 5.73. The summed E-state index contributed by atoms with van der Waals surface area (Å²) in [5, 5.41) is 5.53. The van der Waals surface area contributed by atoms with Gasteiger partial charge in [0.05, 0.1) is 12.6 Å². The first-order chi connectivity index (χ1) is 10.1. The Kier molecular flexibility index (Phi) is 8.28. The molecule has 0 fully saturated rings. The molecular weight excluding hydrogens is 268 g/mol. The molecule has 2 N–H and O–H groups in total. The van der Waals surface area contributed by atoms with Gasteiger partial charge >= 0.3 is 6.03 Å². The third-order valence-corrected chi connectivity index (χ3v) is 2.70. The number of benzene rings is 1. The Morgan fingerprint density at radius 2 is 1.95 bits per heavy atom. The first-order valence-corrected chi connectivity index (χ1v) is 7.40. The predicted octanol–water partition coefficient (Wildman–Crippen LogP) is 2.49. The van der Waals surface area contributed by atoms with Crippen LogP contribution in [0.4, 0.5) is 4.79 Å². The molecule has 5 nitrogen and oxygen atoms in total. The van der Waals surface area contributed by atoms with E-state index in [-0.39, 0.29) is 12.1 Å². The van der Waals surface area contributed by atoms with Crippen molar-refractivity contribution in [2.75, 3.05) is 26.3 Å². The zero-order chi connectivity index (χ0) is 15.5. The Morgan fingerprint density at radius 3 is 2.67 bits per heavy atom. The zero-order valence-electron chi connectivity index (χ0n) is 13.1. The molecule has 118 valence electrons. The van der Waals surface area contributed by atoms with E-state index in [0.717, 1.165) is 17.7 Å². The van der Waals surface area contributed by atoms with E-state index in [9.17, 15) is 4.79 Å². The SMILES string of the molecule is Cc1cccc(OCCNC(=O)NCCCOC(C)C)c1. The fourth-order valence-electron chi connectivity index (χ4n) is 1.69. The van der Waals surface area contributed by atoms with Crippen molar-refractivity contribution in [1.82, 2.24) is 10.6 Å². The highest BCUT2D eigenvalue weighted by Gasteiger charge is 2.00. The number of urea groups is 1. The molecule has 1 aromatic carbocycles. The van der Waals surface area contributed by atoms with Gasteiger partial charge < -0.3 is 20.1 Å². The van der Waals surface area contributed by atoms with Gasteiger partial charge in [-0.25, -0.2) is 4.79 Å². The van der Waals surface area contributed by atoms with Gasteiger partial charge in [0.15, 0.2) is 0 Å². The van der Waals surface area contributed by atoms with E-state index in [0.29, 0.717) is 26.3 Å². The molecule has 1 rings (SSSR count). The van der Waals surface area contributed by atoms with E-state index >= 15 is 0 Å². The molecule has 5 heteroatoms. The minimum absolute atomic E-state index is 0.174. The van der Waals surface area contributed by atoms with Gasteiger partial charge in [-0.05, 0) is 44.9 Å². The average molecular weight is 294 g/mol. The van der Waals surface area contributed by atoms with Gasteiger partial charge in [-0.3, -0.25) is 0 Å². The van der Waals surface area contributed by atoms with Crippen LogP contribution in [0.25, 0.3) is 0 Å². The fraction of sp³-hybridized carbons (Fsp3) is 0.562. The Labute approximate surface area is 127 Å². The van der Waals surface area contributed by atoms with Gasteiger partial charge in [0.1, 0.15) is 12.4 Å². The molecule has 0 saturated carbocycles. The molecule has 0 bridgehead atoms. The van der Waals surface area contributed by atoms with Gasteiger partial charge in [0.25, 0.3) is 0 Å². The fourth-order valence-corrected chi connectivity index (χ4v) is 1.69. The molecule has 0 saturated heterocycles. The normalized spacial score (nSPS) is 10.5. The molecule has 0 heterocycles. The summed E-state index contributed by atoms with van der Waals surface area (Å²) in [4.78, 5) is 11.5. The summed E-state index contributed by atoms with van der Waals surface area (Å²) in [5.41, 5.74) is 1.15. The minimum Gasteiger partial charge on any atom is -0.492 e. The summed E-state index contributed by atoms with van der Waals surface area (Å²) >= 11 is 0. The lowest BCUT2D eigenvalue weighted by Crippen LogP contribution is -2.38. The van der Waals surface area contributed by atoms with E-state index in [2.05, 4.69) is 10.6 Å². The number of carbonyl (C=O) groups is 1. The van der Waals surface area contributed by atoms with Crippen molar-refractivity contribution in [3.8, 4) is 5.75 Å². The lowest BCUT2D eigenvalue weighted by Gasteiger charge is -2.10. The standard InChI is InChI=1S/C16H26N2O3/c1-13(2)20-10-5-8-17-16(19)18-9-11-21-15-7-4-6-14(3)12-15/h4,6-7,12-13H,5,8-11H2,1-3H3,(H2,17,18,19). The number of aryl methyl sites for hydroxylation is 1. The van der Waals surface area contributed by atoms with Crippen molar-refractivity contribution in [2.24, 2.45) is 0 Å². The van der Waals surface area contributed by atoms with Gasteiger partial charge in [0.2, 0.25) is 0 Å². The van der Waals surface area contributed by atoms with E-state index in [1.54, 1.807) is 0 Å². The highest BCUT2D eigenvalue weighted by atomic mass is 16.5. The zero-order valence-corrected chi connectivity index (χ0v) is 13.1. The minimum atomic E-state index is -0.174. The van der Waals surface area contributed by atoms with Crippen molar-refractivity contribution >= 4 is 6.03 Å². The van der Waals surface area contributed by atoms with E-state index in [1.165, 1.54) is 0 Å². The molecule has 0 atom stereocenters. The van der Waals surface area contributed by atoms with Gasteiger partial charge in [-0.2, -0.15) is 0 Å². The summed E-state index contributed by atoms with van der Waals surface area (Å²) in [6.45, 7) is 8.20. The van der Waals surface area contributed by atoms with Crippen LogP contribution >= 0.6 is 0 Å². The number of amides is 2. The van der Waals surface area contributed by atoms with Crippen LogP contribution in [0.3, 0.4) is 0 Å². The molecule has 0 aliphatic carbocycles. The first kappa shape index (κ1) is 17.3. The van der Waals surface area contributed by atoms with Crippen molar-refractivity contribution in [1.29, 1.82) is 0 Å². The predicted molar refractivity (Wildman–Crippen MR) is 83.8 cm³/mol. The molecule has 1 aromatic rings. The van der Waals surface area contributed by atoms with Crippen molar-refractivity contribution in [3.63, 3.8) is 0 Å². The first-order valence-electron chi connectivity index (χ1n) is 7.40. The largest absolute Gasteiger partial charge is 0.492 e. The highest BCUT2D eigenvalue weighted by Crippen LogP contribution is 2.11. The summed E-state index contributed by atoms with van der Waals surface area (Å²) in [6.07, 6.45) is 1.04. The molecular formula is C16H26N2O3. The molecule has 0 unspecified atom stereocenters. The topological polar surface area (TPSA) is 59.6 Å². The van der Waals surface area contributed by atoms with Crippen LogP contribution in [0.5, 0.6) is 5.75 Å². The molecule has 0 aliphatic heterocycles. The molecule has 0 spiro atoms. The van der Waals surface area contributed by atoms with Crippen LogP contribution in [0.2, 0.25) is 0 Å². The summed E-state index contributed by atoms with van der Waals surface area (Å²) in [7, 11) is 0. The summed E-state index contributed by atoms with van der Waals surface area (Å²) in [5.74, 6) is 0.822. The molecule has 21 heavy (non-hydrogen) atoms. The maximum Gasteiger partial charge on any atom is 0.314 e. The van der Waals surface area contributed by atoms with Crippen LogP contribution in [-0.4, -0.2) is 38.4 Å². The average Bonchev–Trinajstić information content (AvgIpc) is 2.43. The Bertz CT molecular complexity index is 422. The third-order valence-electron chi connectivity index (χ3n) is 2.70. The van der Waals surface area contributed by atoms with Crippen molar-refractivity contribution in [3.05, 3.63) is 29.8 Å².